The van der Waals surface area contributed by atoms with Gasteiger partial charge in [0.25, 0.3) is 0 Å². The van der Waals surface area contributed by atoms with Crippen molar-refractivity contribution < 1.29 is 4.74 Å². The summed E-state index contributed by atoms with van der Waals surface area (Å²) < 4.78 is 7.57. The Bertz CT molecular complexity index is 491. The molecule has 1 aliphatic heterocycles. The number of nitrogens with one attached hydrogen (secondary N) is 1. The van der Waals surface area contributed by atoms with Crippen LogP contribution in [0.2, 0.25) is 0 Å². The summed E-state index contributed by atoms with van der Waals surface area (Å²) in [5, 5.41) is 3.68. The minimum Gasteiger partial charge on any atom is -0.495 e. The molecule has 20 heavy (non-hydrogen) atoms. The Kier molecular flexibility index (Phi) is 4.70. The van der Waals surface area contributed by atoms with Crippen LogP contribution in [0.1, 0.15) is 24.8 Å². The van der Waals surface area contributed by atoms with E-state index in [0.717, 1.165) is 27.3 Å². The molecule has 1 aromatic rings. The van der Waals surface area contributed by atoms with Crippen LogP contribution in [-0.2, 0) is 6.54 Å². The largest absolute Gasteiger partial charge is 0.495 e. The van der Waals surface area contributed by atoms with Crippen LogP contribution in [-0.4, -0.2) is 37.2 Å². The molecule has 3 nitrogen and oxygen atoms in total. The van der Waals surface area contributed by atoms with E-state index < -0.39 is 0 Å². The van der Waals surface area contributed by atoms with Gasteiger partial charge in [0.1, 0.15) is 5.75 Å². The maximum absolute atomic E-state index is 5.50. The van der Waals surface area contributed by atoms with E-state index in [1.807, 2.05) is 6.07 Å². The predicted octanol–water partition coefficient (Wildman–Crippen LogP) is 3.55. The zero-order chi connectivity index (χ0) is 14.1. The highest BCUT2D eigenvalue weighted by Gasteiger charge is 2.34. The van der Waals surface area contributed by atoms with Gasteiger partial charge in [-0.1, -0.05) is 15.9 Å². The molecule has 0 aromatic heterocycles. The van der Waals surface area contributed by atoms with Crippen LogP contribution in [0.4, 0.5) is 0 Å². The van der Waals surface area contributed by atoms with Gasteiger partial charge < -0.3 is 10.1 Å². The van der Waals surface area contributed by atoms with Gasteiger partial charge in [-0.05, 0) is 47.3 Å². The third-order valence-corrected chi connectivity index (χ3v) is 5.20. The average molecular weight is 404 g/mol. The molecule has 2 fully saturated rings. The third-order valence-electron chi connectivity index (χ3n) is 4.15. The van der Waals surface area contributed by atoms with Gasteiger partial charge in [-0.15, -0.1) is 0 Å². The summed E-state index contributed by atoms with van der Waals surface area (Å²) >= 11 is 7.10. The molecule has 1 N–H and O–H groups in total. The molecule has 5 heteroatoms. The quantitative estimate of drug-likeness (QED) is 0.813. The predicted molar refractivity (Wildman–Crippen MR) is 88.2 cm³/mol. The number of nitrogens with zero attached hydrogens (tertiary/aromatic N) is 1. The lowest BCUT2D eigenvalue weighted by Crippen LogP contribution is -2.33. The molecule has 3 rings (SSSR count). The van der Waals surface area contributed by atoms with Crippen molar-refractivity contribution in [2.75, 3.05) is 20.2 Å². The number of likely N-dealkylation sites (tertiary alicyclic amines) is 1. The van der Waals surface area contributed by atoms with Crippen molar-refractivity contribution in [1.29, 1.82) is 0 Å². The second-order valence-corrected chi connectivity index (χ2v) is 7.44. The lowest BCUT2D eigenvalue weighted by molar-refractivity contribution is 0.317. The van der Waals surface area contributed by atoms with E-state index in [1.54, 1.807) is 7.11 Å². The molecule has 0 spiro atoms. The van der Waals surface area contributed by atoms with Crippen molar-refractivity contribution >= 4 is 31.9 Å². The topological polar surface area (TPSA) is 24.5 Å². The summed E-state index contributed by atoms with van der Waals surface area (Å²) in [4.78, 5) is 2.63. The van der Waals surface area contributed by atoms with Gasteiger partial charge in [0, 0.05) is 41.8 Å². The number of hydrogen-bond acceptors (Lipinski definition) is 3. The molecule has 1 heterocycles. The highest BCUT2D eigenvalue weighted by molar-refractivity contribution is 9.11. The summed E-state index contributed by atoms with van der Waals surface area (Å²) in [6.07, 6.45) is 4.06. The maximum atomic E-state index is 5.50. The summed E-state index contributed by atoms with van der Waals surface area (Å²) in [5.41, 5.74) is 1.19. The van der Waals surface area contributed by atoms with Crippen molar-refractivity contribution in [3.63, 3.8) is 0 Å². The van der Waals surface area contributed by atoms with Gasteiger partial charge in [-0.3, -0.25) is 4.90 Å². The van der Waals surface area contributed by atoms with Gasteiger partial charge in [0.05, 0.1) is 11.6 Å². The van der Waals surface area contributed by atoms with Crippen LogP contribution < -0.4 is 10.1 Å². The highest BCUT2D eigenvalue weighted by Crippen LogP contribution is 2.33. The van der Waals surface area contributed by atoms with Crippen molar-refractivity contribution in [3.05, 3.63) is 26.6 Å². The van der Waals surface area contributed by atoms with E-state index in [2.05, 4.69) is 48.1 Å². The van der Waals surface area contributed by atoms with Gasteiger partial charge in [0.15, 0.2) is 0 Å². The molecule has 0 radical (unpaired) electrons. The third kappa shape index (κ3) is 3.38. The molecule has 1 saturated carbocycles. The Morgan fingerprint density at radius 1 is 1.30 bits per heavy atom. The fourth-order valence-corrected chi connectivity index (χ4v) is 4.43. The minimum absolute atomic E-state index is 0.609. The van der Waals surface area contributed by atoms with Crippen LogP contribution in [0.5, 0.6) is 5.75 Å². The standard InChI is InChI=1S/C15H20Br2N2O/c1-20-15-10(6-11(16)7-14(15)17)8-18-12-4-5-19(9-12)13-2-3-13/h6-7,12-13,18H,2-5,8-9H2,1H3. The van der Waals surface area contributed by atoms with Crippen molar-refractivity contribution in [1.82, 2.24) is 10.2 Å². The van der Waals surface area contributed by atoms with Crippen LogP contribution >= 0.6 is 31.9 Å². The van der Waals surface area contributed by atoms with Crippen molar-refractivity contribution in [2.45, 2.75) is 37.9 Å². The molecule has 1 atom stereocenters. The number of hydrogen-bond donors (Lipinski definition) is 1. The summed E-state index contributed by atoms with van der Waals surface area (Å²) in [7, 11) is 1.72. The number of methoxy groups -OCH3 is 1. The smallest absolute Gasteiger partial charge is 0.137 e. The first kappa shape index (κ1) is 14.8. The van der Waals surface area contributed by atoms with E-state index in [1.165, 1.54) is 37.9 Å². The lowest BCUT2D eigenvalue weighted by Gasteiger charge is -2.17. The van der Waals surface area contributed by atoms with E-state index >= 15 is 0 Å². The molecule has 0 bridgehead atoms. The lowest BCUT2D eigenvalue weighted by atomic mass is 10.2. The fourth-order valence-electron chi connectivity index (χ4n) is 2.95. The van der Waals surface area contributed by atoms with Crippen LogP contribution in [0.3, 0.4) is 0 Å². The van der Waals surface area contributed by atoms with E-state index in [4.69, 9.17) is 4.74 Å². The van der Waals surface area contributed by atoms with Crippen molar-refractivity contribution in [2.24, 2.45) is 0 Å². The molecule has 1 aromatic carbocycles. The second kappa shape index (κ2) is 6.34. The zero-order valence-electron chi connectivity index (χ0n) is 11.7. The van der Waals surface area contributed by atoms with E-state index in [-0.39, 0.29) is 0 Å². The Morgan fingerprint density at radius 2 is 2.10 bits per heavy atom. The molecular formula is C15H20Br2N2O. The van der Waals surface area contributed by atoms with Crippen LogP contribution in [0.25, 0.3) is 0 Å². The zero-order valence-corrected chi connectivity index (χ0v) is 14.8. The molecule has 1 unspecified atom stereocenters. The summed E-state index contributed by atoms with van der Waals surface area (Å²) in [6, 6.07) is 5.64. The maximum Gasteiger partial charge on any atom is 0.137 e. The second-order valence-electron chi connectivity index (χ2n) is 5.67. The monoisotopic (exact) mass is 402 g/mol. The normalized spacial score (nSPS) is 23.2. The molecule has 2 aliphatic rings. The molecule has 1 saturated heterocycles. The van der Waals surface area contributed by atoms with Gasteiger partial charge in [-0.25, -0.2) is 0 Å². The minimum atomic E-state index is 0.609. The summed E-state index contributed by atoms with van der Waals surface area (Å²) in [6.45, 7) is 3.30. The molecule has 110 valence electrons. The van der Waals surface area contributed by atoms with Gasteiger partial charge in [0.2, 0.25) is 0 Å². The first-order valence-electron chi connectivity index (χ1n) is 7.16. The van der Waals surface area contributed by atoms with Crippen LogP contribution in [0.15, 0.2) is 21.1 Å². The van der Waals surface area contributed by atoms with Gasteiger partial charge >= 0.3 is 0 Å². The highest BCUT2D eigenvalue weighted by atomic mass is 79.9. The Morgan fingerprint density at radius 3 is 2.80 bits per heavy atom. The Hall–Kier alpha value is -0.100. The van der Waals surface area contributed by atoms with Crippen LogP contribution in [0, 0.1) is 0 Å². The number of benzene rings is 1. The number of ether oxygens (including phenoxy) is 1. The SMILES string of the molecule is COc1c(Br)cc(Br)cc1CNC1CCN(C2CC2)C1. The average Bonchev–Trinajstić information content (AvgIpc) is 3.15. The first-order valence-corrected chi connectivity index (χ1v) is 8.75. The van der Waals surface area contributed by atoms with E-state index in [0.29, 0.717) is 6.04 Å². The number of rotatable bonds is 5. The molecular weight excluding hydrogens is 384 g/mol. The summed E-state index contributed by atoms with van der Waals surface area (Å²) in [5.74, 6) is 0.928. The van der Waals surface area contributed by atoms with Crippen molar-refractivity contribution in [3.8, 4) is 5.75 Å². The molecule has 0 amide bonds. The number of halogens is 2. The van der Waals surface area contributed by atoms with Gasteiger partial charge in [-0.2, -0.15) is 0 Å². The Labute approximate surface area is 137 Å². The Balaban J connectivity index is 1.60. The first-order chi connectivity index (χ1) is 9.67. The fraction of sp³-hybridized carbons (Fsp3) is 0.600. The van der Waals surface area contributed by atoms with E-state index in [9.17, 15) is 0 Å². The molecule has 1 aliphatic carbocycles.